The van der Waals surface area contributed by atoms with Crippen LogP contribution in [0.4, 0.5) is 0 Å². The maximum absolute atomic E-state index is 11.6. The second-order valence-corrected chi connectivity index (χ2v) is 5.14. The van der Waals surface area contributed by atoms with Crippen LogP contribution in [0.2, 0.25) is 0 Å². The van der Waals surface area contributed by atoms with Crippen molar-refractivity contribution in [1.29, 1.82) is 0 Å². The van der Waals surface area contributed by atoms with Gasteiger partial charge in [0, 0.05) is 36.5 Å². The van der Waals surface area contributed by atoms with Crippen molar-refractivity contribution >= 4 is 5.97 Å². The zero-order valence-corrected chi connectivity index (χ0v) is 11.9. The molecule has 106 valence electrons. The lowest BCUT2D eigenvalue weighted by Crippen LogP contribution is -2.45. The number of hydrogen-bond acceptors (Lipinski definition) is 4. The number of carboxylic acids is 1. The first-order valence-electron chi connectivity index (χ1n) is 6.30. The monoisotopic (exact) mass is 266 g/mol. The number of nitrogens with zero attached hydrogens (tertiary/aromatic N) is 1. The molecule has 0 aliphatic heterocycles. The van der Waals surface area contributed by atoms with Crippen molar-refractivity contribution in [3.8, 4) is 5.75 Å². The lowest BCUT2D eigenvalue weighted by atomic mass is 9.73. The third-order valence-electron chi connectivity index (χ3n) is 3.61. The van der Waals surface area contributed by atoms with Crippen LogP contribution in [0.3, 0.4) is 0 Å². The van der Waals surface area contributed by atoms with Gasteiger partial charge in [0.15, 0.2) is 0 Å². The fourth-order valence-electron chi connectivity index (χ4n) is 2.16. The van der Waals surface area contributed by atoms with Gasteiger partial charge in [-0.05, 0) is 12.8 Å². The van der Waals surface area contributed by atoms with Crippen LogP contribution >= 0.6 is 0 Å². The number of hydrogen-bond donors (Lipinski definition) is 2. The van der Waals surface area contributed by atoms with E-state index in [1.54, 1.807) is 13.2 Å². The van der Waals surface area contributed by atoms with Crippen molar-refractivity contribution in [3.63, 3.8) is 0 Å². The van der Waals surface area contributed by atoms with E-state index in [0.717, 1.165) is 5.69 Å². The van der Waals surface area contributed by atoms with Crippen molar-refractivity contribution in [3.05, 3.63) is 23.5 Å². The molecule has 0 aliphatic carbocycles. The maximum atomic E-state index is 11.6. The molecule has 0 spiro atoms. The quantitative estimate of drug-likeness (QED) is 0.817. The summed E-state index contributed by atoms with van der Waals surface area (Å²) in [5, 5.41) is 9.51. The molecule has 1 aromatic rings. The van der Waals surface area contributed by atoms with Gasteiger partial charge in [-0.3, -0.25) is 9.78 Å². The summed E-state index contributed by atoms with van der Waals surface area (Å²) in [5.74, 6) is -0.279. The van der Waals surface area contributed by atoms with E-state index in [4.69, 9.17) is 10.5 Å². The molecule has 5 nitrogen and oxygen atoms in total. The number of nitrogens with two attached hydrogens (primary N) is 1. The van der Waals surface area contributed by atoms with Gasteiger partial charge in [0.2, 0.25) is 0 Å². The van der Waals surface area contributed by atoms with E-state index in [0.29, 0.717) is 17.9 Å². The van der Waals surface area contributed by atoms with Gasteiger partial charge in [0.05, 0.1) is 12.5 Å². The third kappa shape index (κ3) is 3.23. The summed E-state index contributed by atoms with van der Waals surface area (Å²) in [7, 11) is 1.58. The molecule has 1 rings (SSSR count). The van der Waals surface area contributed by atoms with Gasteiger partial charge < -0.3 is 15.6 Å². The molecule has 1 atom stereocenters. The molecule has 1 heterocycles. The summed E-state index contributed by atoms with van der Waals surface area (Å²) >= 11 is 0. The Kier molecular flexibility index (Phi) is 4.89. The molecule has 0 aromatic carbocycles. The second kappa shape index (κ2) is 6.02. The molecule has 1 aromatic heterocycles. The number of aromatic nitrogens is 1. The zero-order chi connectivity index (χ0) is 14.6. The Balaban J connectivity index is 3.16. The molecule has 0 aliphatic rings. The predicted molar refractivity (Wildman–Crippen MR) is 73.2 cm³/mol. The average molecular weight is 266 g/mol. The number of methoxy groups -OCH3 is 1. The van der Waals surface area contributed by atoms with Crippen LogP contribution in [-0.4, -0.2) is 29.7 Å². The van der Waals surface area contributed by atoms with Crippen molar-refractivity contribution < 1.29 is 14.6 Å². The Bertz CT molecular complexity index is 460. The highest BCUT2D eigenvalue weighted by Crippen LogP contribution is 2.31. The average Bonchev–Trinajstić information content (AvgIpc) is 2.34. The van der Waals surface area contributed by atoms with E-state index in [1.165, 1.54) is 0 Å². The van der Waals surface area contributed by atoms with E-state index in [1.807, 2.05) is 26.8 Å². The minimum atomic E-state index is -0.994. The van der Waals surface area contributed by atoms with Crippen molar-refractivity contribution in [1.82, 2.24) is 4.98 Å². The lowest BCUT2D eigenvalue weighted by Gasteiger charge is -2.31. The van der Waals surface area contributed by atoms with Crippen molar-refractivity contribution in [2.24, 2.45) is 17.1 Å². The Hall–Kier alpha value is -1.62. The largest absolute Gasteiger partial charge is 0.497 e. The minimum Gasteiger partial charge on any atom is -0.497 e. The van der Waals surface area contributed by atoms with Crippen molar-refractivity contribution in [2.45, 2.75) is 27.2 Å². The van der Waals surface area contributed by atoms with E-state index in [9.17, 15) is 9.90 Å². The van der Waals surface area contributed by atoms with E-state index in [2.05, 4.69) is 4.98 Å². The molecule has 0 bridgehead atoms. The van der Waals surface area contributed by atoms with Gasteiger partial charge in [-0.15, -0.1) is 0 Å². The second-order valence-electron chi connectivity index (χ2n) is 5.14. The topological polar surface area (TPSA) is 85.4 Å². The first-order valence-corrected chi connectivity index (χ1v) is 6.30. The van der Waals surface area contributed by atoms with Gasteiger partial charge in [0.1, 0.15) is 5.75 Å². The SMILES string of the molecule is COc1cc(C)nc(CC(CN)(C(=O)O)C(C)C)c1. The number of ether oxygens (including phenoxy) is 1. The Morgan fingerprint density at radius 2 is 2.16 bits per heavy atom. The third-order valence-corrected chi connectivity index (χ3v) is 3.61. The minimum absolute atomic E-state index is 0.0803. The van der Waals surface area contributed by atoms with Crippen LogP contribution in [0.1, 0.15) is 25.2 Å². The molecule has 5 heteroatoms. The molecular formula is C14H22N2O3. The highest BCUT2D eigenvalue weighted by Gasteiger charge is 2.41. The summed E-state index contributed by atoms with van der Waals surface area (Å²) in [6.07, 6.45) is 0.300. The van der Waals surface area contributed by atoms with Crippen LogP contribution < -0.4 is 10.5 Å². The highest BCUT2D eigenvalue weighted by molar-refractivity contribution is 5.75. The summed E-state index contributed by atoms with van der Waals surface area (Å²) in [6.45, 7) is 5.67. The number of aliphatic carboxylic acids is 1. The Morgan fingerprint density at radius 3 is 2.58 bits per heavy atom. The summed E-state index contributed by atoms with van der Waals surface area (Å²) < 4.78 is 5.19. The normalized spacial score (nSPS) is 14.2. The Morgan fingerprint density at radius 1 is 1.53 bits per heavy atom. The molecule has 0 saturated carbocycles. The van der Waals surface area contributed by atoms with Crippen LogP contribution in [0.25, 0.3) is 0 Å². The van der Waals surface area contributed by atoms with Gasteiger partial charge >= 0.3 is 5.97 Å². The summed E-state index contributed by atoms with van der Waals surface area (Å²) in [5.41, 5.74) is 6.23. The number of carboxylic acid groups (broad SMARTS) is 1. The van der Waals surface area contributed by atoms with Crippen LogP contribution in [0.5, 0.6) is 5.75 Å². The molecule has 0 radical (unpaired) electrons. The van der Waals surface area contributed by atoms with Gasteiger partial charge in [-0.25, -0.2) is 0 Å². The number of carbonyl (C=O) groups is 1. The summed E-state index contributed by atoms with van der Waals surface area (Å²) in [6, 6.07) is 3.58. The highest BCUT2D eigenvalue weighted by atomic mass is 16.5. The fourth-order valence-corrected chi connectivity index (χ4v) is 2.16. The molecule has 1 unspecified atom stereocenters. The Labute approximate surface area is 113 Å². The molecule has 0 amide bonds. The van der Waals surface area contributed by atoms with Crippen LogP contribution in [0, 0.1) is 18.3 Å². The zero-order valence-electron chi connectivity index (χ0n) is 11.9. The van der Waals surface area contributed by atoms with Crippen molar-refractivity contribution in [2.75, 3.05) is 13.7 Å². The van der Waals surface area contributed by atoms with Crippen LogP contribution in [0.15, 0.2) is 12.1 Å². The van der Waals surface area contributed by atoms with E-state index < -0.39 is 11.4 Å². The van der Waals surface area contributed by atoms with E-state index in [-0.39, 0.29) is 12.5 Å². The molecule has 3 N–H and O–H groups in total. The molecule has 0 fully saturated rings. The van der Waals surface area contributed by atoms with Crippen LogP contribution in [-0.2, 0) is 11.2 Å². The number of aryl methyl sites for hydroxylation is 1. The molecular weight excluding hydrogens is 244 g/mol. The first-order chi connectivity index (χ1) is 8.85. The van der Waals surface area contributed by atoms with E-state index >= 15 is 0 Å². The lowest BCUT2D eigenvalue weighted by molar-refractivity contribution is -0.151. The smallest absolute Gasteiger partial charge is 0.311 e. The fraction of sp³-hybridized carbons (Fsp3) is 0.571. The maximum Gasteiger partial charge on any atom is 0.311 e. The predicted octanol–water partition coefficient (Wildman–Crippen LogP) is 1.63. The molecule has 0 saturated heterocycles. The standard InChI is InChI=1S/C14H22N2O3/c1-9(2)14(8-15,13(17)18)7-11-6-12(19-4)5-10(3)16-11/h5-6,9H,7-8,15H2,1-4H3,(H,17,18). The summed E-state index contributed by atoms with van der Waals surface area (Å²) in [4.78, 5) is 16.0. The van der Waals surface area contributed by atoms with Gasteiger partial charge in [-0.2, -0.15) is 0 Å². The number of pyridine rings is 1. The number of rotatable bonds is 6. The van der Waals surface area contributed by atoms with Gasteiger partial charge in [0.25, 0.3) is 0 Å². The molecule has 19 heavy (non-hydrogen) atoms. The van der Waals surface area contributed by atoms with Gasteiger partial charge in [-0.1, -0.05) is 13.8 Å². The first kappa shape index (κ1) is 15.4.